The van der Waals surface area contributed by atoms with Gasteiger partial charge in [0.1, 0.15) is 5.82 Å². The summed E-state index contributed by atoms with van der Waals surface area (Å²) in [5.74, 6) is -0.182. The summed E-state index contributed by atoms with van der Waals surface area (Å²) < 4.78 is 13.1. The minimum absolute atomic E-state index is 0.153. The highest BCUT2D eigenvalue weighted by atomic mass is 32.1. The number of hydrogen-bond donors (Lipinski definition) is 1. The fourth-order valence-electron chi connectivity index (χ4n) is 1.72. The van der Waals surface area contributed by atoms with Gasteiger partial charge in [0, 0.05) is 4.88 Å². The van der Waals surface area contributed by atoms with Crippen LogP contribution in [-0.4, -0.2) is 0 Å². The molecule has 2 N–H and O–H groups in total. The molecule has 0 aliphatic carbocycles. The Kier molecular flexibility index (Phi) is 3.08. The SMILES string of the molecule is Cc1cc(C(N)c2sccc2C)ccc1F. The molecule has 84 valence electrons. The summed E-state index contributed by atoms with van der Waals surface area (Å²) in [5.41, 5.74) is 8.97. The van der Waals surface area contributed by atoms with Crippen LogP contribution < -0.4 is 5.73 Å². The minimum atomic E-state index is -0.182. The lowest BCUT2D eigenvalue weighted by Crippen LogP contribution is -2.11. The van der Waals surface area contributed by atoms with Crippen molar-refractivity contribution in [3.8, 4) is 0 Å². The Balaban J connectivity index is 2.38. The molecule has 2 rings (SSSR count). The standard InChI is InChI=1S/C13H14FNS/c1-8-5-6-16-13(8)12(15)10-3-4-11(14)9(2)7-10/h3-7,12H,15H2,1-2H3. The first kappa shape index (κ1) is 11.3. The van der Waals surface area contributed by atoms with Crippen molar-refractivity contribution in [3.05, 3.63) is 57.0 Å². The summed E-state index contributed by atoms with van der Waals surface area (Å²) in [5, 5.41) is 2.03. The van der Waals surface area contributed by atoms with Gasteiger partial charge in [-0.3, -0.25) is 0 Å². The van der Waals surface area contributed by atoms with E-state index in [1.807, 2.05) is 18.4 Å². The van der Waals surface area contributed by atoms with Crippen molar-refractivity contribution < 1.29 is 4.39 Å². The van der Waals surface area contributed by atoms with Crippen LogP contribution in [0.3, 0.4) is 0 Å². The summed E-state index contributed by atoms with van der Waals surface area (Å²) >= 11 is 1.64. The first-order valence-electron chi connectivity index (χ1n) is 5.15. The van der Waals surface area contributed by atoms with Crippen molar-refractivity contribution in [1.82, 2.24) is 0 Å². The second-order valence-electron chi connectivity index (χ2n) is 3.95. The first-order valence-corrected chi connectivity index (χ1v) is 6.03. The number of halogens is 1. The third-order valence-electron chi connectivity index (χ3n) is 2.73. The summed E-state index contributed by atoms with van der Waals surface area (Å²) in [6.07, 6.45) is 0. The van der Waals surface area contributed by atoms with E-state index < -0.39 is 0 Å². The number of thiophene rings is 1. The number of nitrogens with two attached hydrogens (primary N) is 1. The van der Waals surface area contributed by atoms with Gasteiger partial charge >= 0.3 is 0 Å². The maximum Gasteiger partial charge on any atom is 0.126 e. The first-order chi connectivity index (χ1) is 7.59. The lowest BCUT2D eigenvalue weighted by Gasteiger charge is -2.12. The van der Waals surface area contributed by atoms with E-state index in [0.717, 1.165) is 10.4 Å². The molecule has 0 bridgehead atoms. The fraction of sp³-hybridized carbons (Fsp3) is 0.231. The van der Waals surface area contributed by atoms with Gasteiger partial charge in [0.2, 0.25) is 0 Å². The number of hydrogen-bond acceptors (Lipinski definition) is 2. The zero-order valence-electron chi connectivity index (χ0n) is 9.33. The lowest BCUT2D eigenvalue weighted by molar-refractivity contribution is 0.617. The topological polar surface area (TPSA) is 26.0 Å². The average molecular weight is 235 g/mol. The van der Waals surface area contributed by atoms with Crippen molar-refractivity contribution in [2.24, 2.45) is 5.73 Å². The van der Waals surface area contributed by atoms with Crippen LogP contribution in [0.1, 0.15) is 27.6 Å². The second-order valence-corrected chi connectivity index (χ2v) is 4.90. The third kappa shape index (κ3) is 2.01. The number of rotatable bonds is 2. The second kappa shape index (κ2) is 4.36. The van der Waals surface area contributed by atoms with E-state index in [0.29, 0.717) is 5.56 Å². The van der Waals surface area contributed by atoms with E-state index in [9.17, 15) is 4.39 Å². The van der Waals surface area contributed by atoms with Crippen LogP contribution in [-0.2, 0) is 0 Å². The van der Waals surface area contributed by atoms with Crippen LogP contribution in [0.5, 0.6) is 0 Å². The maximum atomic E-state index is 13.1. The molecule has 1 aromatic carbocycles. The predicted octanol–water partition coefficient (Wildman–Crippen LogP) is 3.55. The average Bonchev–Trinajstić information content (AvgIpc) is 2.67. The lowest BCUT2D eigenvalue weighted by atomic mass is 10.0. The molecule has 1 unspecified atom stereocenters. The van der Waals surface area contributed by atoms with Crippen LogP contribution in [0.15, 0.2) is 29.6 Å². The van der Waals surface area contributed by atoms with Crippen LogP contribution in [0.4, 0.5) is 4.39 Å². The molecule has 0 aliphatic rings. The van der Waals surface area contributed by atoms with E-state index in [1.165, 1.54) is 11.6 Å². The molecule has 0 saturated heterocycles. The van der Waals surface area contributed by atoms with Gasteiger partial charge in [-0.05, 0) is 48.1 Å². The molecule has 0 radical (unpaired) electrons. The minimum Gasteiger partial charge on any atom is -0.320 e. The summed E-state index contributed by atoms with van der Waals surface area (Å²) in [4.78, 5) is 1.14. The van der Waals surface area contributed by atoms with Crippen molar-refractivity contribution in [3.63, 3.8) is 0 Å². The Morgan fingerprint density at radius 1 is 1.19 bits per heavy atom. The molecule has 1 heterocycles. The van der Waals surface area contributed by atoms with E-state index in [2.05, 4.69) is 6.07 Å². The van der Waals surface area contributed by atoms with E-state index in [-0.39, 0.29) is 11.9 Å². The van der Waals surface area contributed by atoms with Gasteiger partial charge in [0.25, 0.3) is 0 Å². The van der Waals surface area contributed by atoms with Crippen LogP contribution >= 0.6 is 11.3 Å². The molecular formula is C13H14FNS. The van der Waals surface area contributed by atoms with Crippen LogP contribution in [0.25, 0.3) is 0 Å². The van der Waals surface area contributed by atoms with Gasteiger partial charge in [-0.1, -0.05) is 12.1 Å². The van der Waals surface area contributed by atoms with Crippen molar-refractivity contribution in [2.45, 2.75) is 19.9 Å². The van der Waals surface area contributed by atoms with Gasteiger partial charge in [0.15, 0.2) is 0 Å². The summed E-state index contributed by atoms with van der Waals surface area (Å²) in [6, 6.07) is 6.95. The monoisotopic (exact) mass is 235 g/mol. The van der Waals surface area contributed by atoms with Gasteiger partial charge in [-0.2, -0.15) is 0 Å². The summed E-state index contributed by atoms with van der Waals surface area (Å²) in [7, 11) is 0. The van der Waals surface area contributed by atoms with E-state index in [4.69, 9.17) is 5.73 Å². The van der Waals surface area contributed by atoms with Crippen molar-refractivity contribution in [1.29, 1.82) is 0 Å². The molecule has 2 aromatic rings. The maximum absolute atomic E-state index is 13.1. The van der Waals surface area contributed by atoms with Crippen LogP contribution in [0, 0.1) is 19.7 Å². The molecule has 0 spiro atoms. The van der Waals surface area contributed by atoms with E-state index in [1.54, 1.807) is 24.3 Å². The fourth-order valence-corrected chi connectivity index (χ4v) is 2.67. The Bertz CT molecular complexity index is 504. The molecule has 3 heteroatoms. The van der Waals surface area contributed by atoms with Crippen molar-refractivity contribution in [2.75, 3.05) is 0 Å². The van der Waals surface area contributed by atoms with Gasteiger partial charge in [-0.15, -0.1) is 11.3 Å². The Morgan fingerprint density at radius 3 is 2.50 bits per heavy atom. The molecule has 0 amide bonds. The molecule has 0 fully saturated rings. The largest absolute Gasteiger partial charge is 0.320 e. The number of aryl methyl sites for hydroxylation is 2. The molecule has 0 saturated carbocycles. The predicted molar refractivity (Wildman–Crippen MR) is 66.2 cm³/mol. The molecule has 1 aromatic heterocycles. The normalized spacial score (nSPS) is 12.8. The Hall–Kier alpha value is -1.19. The van der Waals surface area contributed by atoms with Gasteiger partial charge < -0.3 is 5.73 Å². The number of benzene rings is 1. The van der Waals surface area contributed by atoms with Crippen molar-refractivity contribution >= 4 is 11.3 Å². The zero-order valence-corrected chi connectivity index (χ0v) is 10.1. The quantitative estimate of drug-likeness (QED) is 0.846. The third-order valence-corrected chi connectivity index (χ3v) is 3.83. The molecule has 0 aliphatic heterocycles. The van der Waals surface area contributed by atoms with Crippen LogP contribution in [0.2, 0.25) is 0 Å². The highest BCUT2D eigenvalue weighted by Crippen LogP contribution is 2.28. The van der Waals surface area contributed by atoms with Gasteiger partial charge in [0.05, 0.1) is 6.04 Å². The zero-order chi connectivity index (χ0) is 11.7. The van der Waals surface area contributed by atoms with Gasteiger partial charge in [-0.25, -0.2) is 4.39 Å². The molecule has 1 atom stereocenters. The highest BCUT2D eigenvalue weighted by molar-refractivity contribution is 7.10. The molecule has 1 nitrogen and oxygen atoms in total. The molecule has 16 heavy (non-hydrogen) atoms. The van der Waals surface area contributed by atoms with E-state index >= 15 is 0 Å². The molecular weight excluding hydrogens is 221 g/mol. The highest BCUT2D eigenvalue weighted by Gasteiger charge is 2.13. The smallest absolute Gasteiger partial charge is 0.126 e. The Morgan fingerprint density at radius 2 is 1.94 bits per heavy atom. The Labute approximate surface area is 98.7 Å². The summed E-state index contributed by atoms with van der Waals surface area (Å²) in [6.45, 7) is 3.80.